The van der Waals surface area contributed by atoms with Gasteiger partial charge in [0.25, 0.3) is 0 Å². The van der Waals surface area contributed by atoms with Crippen LogP contribution in [0.1, 0.15) is 12.5 Å². The maximum atomic E-state index is 11.7. The number of hydrogen-bond acceptors (Lipinski definition) is 6. The van der Waals surface area contributed by atoms with Gasteiger partial charge >= 0.3 is 0 Å². The van der Waals surface area contributed by atoms with Gasteiger partial charge in [-0.25, -0.2) is 9.97 Å². The van der Waals surface area contributed by atoms with E-state index in [9.17, 15) is 4.79 Å². The van der Waals surface area contributed by atoms with E-state index in [1.54, 1.807) is 0 Å². The standard InChI is InChI=1S/C26H30N6O/c1-4-19-18-27-26(30-25(19)20-8-6-9-21(16-20)28-24(33)5-2)29-22-10-7-11-23(17-22)32-14-12-31(3)13-15-32/h5-11,16-18H,2,4,12-15H2,1,3H3,(H,28,33)(H,27,29,30). The fourth-order valence-corrected chi connectivity index (χ4v) is 3.89. The van der Waals surface area contributed by atoms with E-state index in [4.69, 9.17) is 4.98 Å². The minimum atomic E-state index is -0.242. The number of nitrogens with zero attached hydrogens (tertiary/aromatic N) is 4. The number of carbonyl (C=O) groups is 1. The molecule has 0 bridgehead atoms. The summed E-state index contributed by atoms with van der Waals surface area (Å²) >= 11 is 0. The molecule has 0 radical (unpaired) electrons. The van der Waals surface area contributed by atoms with Crippen molar-refractivity contribution in [3.05, 3.63) is 72.9 Å². The van der Waals surface area contributed by atoms with Gasteiger partial charge in [0, 0.05) is 55.0 Å². The summed E-state index contributed by atoms with van der Waals surface area (Å²) in [5, 5.41) is 6.18. The molecule has 1 aliphatic rings. The summed E-state index contributed by atoms with van der Waals surface area (Å²) in [6.07, 6.45) is 3.93. The van der Waals surface area contributed by atoms with Gasteiger partial charge in [-0.1, -0.05) is 31.7 Å². The number of carbonyl (C=O) groups excluding carboxylic acids is 1. The Bertz CT molecular complexity index is 1140. The van der Waals surface area contributed by atoms with Crippen molar-refractivity contribution in [1.82, 2.24) is 14.9 Å². The third-order valence-electron chi connectivity index (χ3n) is 5.81. The molecular formula is C26H30N6O. The number of benzene rings is 2. The summed E-state index contributed by atoms with van der Waals surface area (Å²) in [6, 6.07) is 16.0. The Morgan fingerprint density at radius 3 is 2.61 bits per heavy atom. The highest BCUT2D eigenvalue weighted by molar-refractivity contribution is 5.99. The zero-order chi connectivity index (χ0) is 23.2. The molecule has 0 spiro atoms. The Labute approximate surface area is 195 Å². The summed E-state index contributed by atoms with van der Waals surface area (Å²) in [5.74, 6) is 0.298. The quantitative estimate of drug-likeness (QED) is 0.531. The molecule has 33 heavy (non-hydrogen) atoms. The third-order valence-corrected chi connectivity index (χ3v) is 5.81. The second kappa shape index (κ2) is 10.3. The summed E-state index contributed by atoms with van der Waals surface area (Å²) in [7, 11) is 2.16. The second-order valence-corrected chi connectivity index (χ2v) is 8.16. The van der Waals surface area contributed by atoms with Crippen LogP contribution in [0.3, 0.4) is 0 Å². The van der Waals surface area contributed by atoms with E-state index >= 15 is 0 Å². The topological polar surface area (TPSA) is 73.4 Å². The van der Waals surface area contributed by atoms with Crippen LogP contribution in [-0.2, 0) is 11.2 Å². The second-order valence-electron chi connectivity index (χ2n) is 8.16. The predicted octanol–water partition coefficient (Wildman–Crippen LogP) is 4.33. The van der Waals surface area contributed by atoms with Gasteiger partial charge in [0.2, 0.25) is 11.9 Å². The number of rotatable bonds is 7. The maximum Gasteiger partial charge on any atom is 0.247 e. The minimum Gasteiger partial charge on any atom is -0.369 e. The Balaban J connectivity index is 1.58. The summed E-state index contributed by atoms with van der Waals surface area (Å²) < 4.78 is 0. The van der Waals surface area contributed by atoms with Crippen LogP contribution in [-0.4, -0.2) is 54.0 Å². The van der Waals surface area contributed by atoms with Gasteiger partial charge in [-0.2, -0.15) is 0 Å². The van der Waals surface area contributed by atoms with Gasteiger partial charge in [-0.05, 0) is 55.4 Å². The largest absolute Gasteiger partial charge is 0.369 e. The Hall–Kier alpha value is -3.71. The average molecular weight is 443 g/mol. The van der Waals surface area contributed by atoms with Crippen LogP contribution in [0, 0.1) is 0 Å². The number of piperazine rings is 1. The number of likely N-dealkylation sites (N-methyl/N-ethyl adjacent to an activating group) is 1. The third kappa shape index (κ3) is 5.56. The van der Waals surface area contributed by atoms with E-state index in [2.05, 4.69) is 64.2 Å². The Morgan fingerprint density at radius 2 is 1.85 bits per heavy atom. The lowest BCUT2D eigenvalue weighted by atomic mass is 10.0. The fourth-order valence-electron chi connectivity index (χ4n) is 3.89. The van der Waals surface area contributed by atoms with E-state index in [1.165, 1.54) is 11.8 Å². The first kappa shape index (κ1) is 22.5. The molecule has 170 valence electrons. The molecule has 0 aliphatic carbocycles. The van der Waals surface area contributed by atoms with Crippen LogP contribution in [0.15, 0.2) is 67.4 Å². The van der Waals surface area contributed by atoms with Gasteiger partial charge in [-0.15, -0.1) is 0 Å². The van der Waals surface area contributed by atoms with Gasteiger partial charge in [0.15, 0.2) is 0 Å². The average Bonchev–Trinajstić information content (AvgIpc) is 2.84. The number of anilines is 4. The molecular weight excluding hydrogens is 412 g/mol. The summed E-state index contributed by atoms with van der Waals surface area (Å²) in [4.78, 5) is 25.8. The number of nitrogens with one attached hydrogen (secondary N) is 2. The SMILES string of the molecule is C=CC(=O)Nc1cccc(-c2nc(Nc3cccc(N4CCN(C)CC4)c3)ncc2CC)c1. The van der Waals surface area contributed by atoms with Crippen LogP contribution in [0.4, 0.5) is 23.0 Å². The number of amides is 1. The fraction of sp³-hybridized carbons (Fsp3) is 0.269. The van der Waals surface area contributed by atoms with Crippen molar-refractivity contribution < 1.29 is 4.79 Å². The molecule has 2 N–H and O–H groups in total. The lowest BCUT2D eigenvalue weighted by Crippen LogP contribution is -2.44. The van der Waals surface area contributed by atoms with Crippen LogP contribution in [0.2, 0.25) is 0 Å². The molecule has 0 atom stereocenters. The monoisotopic (exact) mass is 442 g/mol. The van der Waals surface area contributed by atoms with Crippen molar-refractivity contribution in [2.75, 3.05) is 48.8 Å². The first-order valence-corrected chi connectivity index (χ1v) is 11.3. The summed E-state index contributed by atoms with van der Waals surface area (Å²) in [5.41, 5.74) is 5.66. The molecule has 7 heteroatoms. The molecule has 1 amide bonds. The molecule has 1 fully saturated rings. The number of aromatic nitrogens is 2. The van der Waals surface area contributed by atoms with Crippen molar-refractivity contribution in [3.8, 4) is 11.3 Å². The molecule has 0 saturated carbocycles. The van der Waals surface area contributed by atoms with Gasteiger partial charge in [-0.3, -0.25) is 4.79 Å². The molecule has 3 aromatic rings. The normalized spacial score (nSPS) is 14.1. The minimum absolute atomic E-state index is 0.242. The zero-order valence-corrected chi connectivity index (χ0v) is 19.2. The molecule has 1 saturated heterocycles. The van der Waals surface area contributed by atoms with Crippen molar-refractivity contribution in [2.24, 2.45) is 0 Å². The highest BCUT2D eigenvalue weighted by Crippen LogP contribution is 2.27. The van der Waals surface area contributed by atoms with E-state index in [1.807, 2.05) is 36.5 Å². The Kier molecular flexibility index (Phi) is 7.00. The zero-order valence-electron chi connectivity index (χ0n) is 19.2. The van der Waals surface area contributed by atoms with Crippen molar-refractivity contribution in [2.45, 2.75) is 13.3 Å². The van der Waals surface area contributed by atoms with E-state index in [0.717, 1.165) is 55.1 Å². The van der Waals surface area contributed by atoms with Crippen molar-refractivity contribution in [1.29, 1.82) is 0 Å². The van der Waals surface area contributed by atoms with Crippen LogP contribution < -0.4 is 15.5 Å². The Morgan fingerprint density at radius 1 is 1.09 bits per heavy atom. The first-order chi connectivity index (χ1) is 16.1. The van der Waals surface area contributed by atoms with Crippen molar-refractivity contribution in [3.63, 3.8) is 0 Å². The van der Waals surface area contributed by atoms with Gasteiger partial charge < -0.3 is 20.4 Å². The van der Waals surface area contributed by atoms with E-state index in [-0.39, 0.29) is 5.91 Å². The molecule has 7 nitrogen and oxygen atoms in total. The molecule has 1 aromatic heterocycles. The number of aryl methyl sites for hydroxylation is 1. The smallest absolute Gasteiger partial charge is 0.247 e. The lowest BCUT2D eigenvalue weighted by Gasteiger charge is -2.34. The highest BCUT2D eigenvalue weighted by atomic mass is 16.1. The summed E-state index contributed by atoms with van der Waals surface area (Å²) in [6.45, 7) is 9.76. The predicted molar refractivity (Wildman–Crippen MR) is 135 cm³/mol. The lowest BCUT2D eigenvalue weighted by molar-refractivity contribution is -0.111. The van der Waals surface area contributed by atoms with E-state index in [0.29, 0.717) is 11.6 Å². The van der Waals surface area contributed by atoms with Crippen LogP contribution in [0.25, 0.3) is 11.3 Å². The number of hydrogen-bond donors (Lipinski definition) is 2. The molecule has 2 aromatic carbocycles. The molecule has 2 heterocycles. The van der Waals surface area contributed by atoms with Crippen molar-refractivity contribution >= 4 is 28.9 Å². The molecule has 1 aliphatic heterocycles. The highest BCUT2D eigenvalue weighted by Gasteiger charge is 2.15. The van der Waals surface area contributed by atoms with Crippen LogP contribution >= 0.6 is 0 Å². The van der Waals surface area contributed by atoms with Gasteiger partial charge in [0.1, 0.15) is 0 Å². The van der Waals surface area contributed by atoms with Gasteiger partial charge in [0.05, 0.1) is 5.69 Å². The molecule has 4 rings (SSSR count). The van der Waals surface area contributed by atoms with Crippen LogP contribution in [0.5, 0.6) is 0 Å². The molecule has 0 unspecified atom stereocenters. The first-order valence-electron chi connectivity index (χ1n) is 11.3. The maximum absolute atomic E-state index is 11.7. The van der Waals surface area contributed by atoms with E-state index < -0.39 is 0 Å².